The molecule has 1 aromatic carbocycles. The topological polar surface area (TPSA) is 77.7 Å². The number of carbonyl (C=O) groups excluding carboxylic acids is 1. The number of carbonyl (C=O) groups is 1. The van der Waals surface area contributed by atoms with Crippen molar-refractivity contribution in [1.29, 1.82) is 0 Å². The third kappa shape index (κ3) is 3.28. The predicted octanol–water partition coefficient (Wildman–Crippen LogP) is 2.97. The van der Waals surface area contributed by atoms with Gasteiger partial charge in [0.1, 0.15) is 0 Å². The average Bonchev–Trinajstić information content (AvgIpc) is 3.44. The van der Waals surface area contributed by atoms with E-state index in [9.17, 15) is 4.79 Å². The summed E-state index contributed by atoms with van der Waals surface area (Å²) in [5, 5.41) is 6.13. The van der Waals surface area contributed by atoms with Gasteiger partial charge < -0.3 is 18.9 Å². The third-order valence-electron chi connectivity index (χ3n) is 4.78. The van der Waals surface area contributed by atoms with Gasteiger partial charge in [-0.2, -0.15) is 4.98 Å². The summed E-state index contributed by atoms with van der Waals surface area (Å²) in [7, 11) is 0. The molecule has 0 saturated carbocycles. The molecule has 0 bridgehead atoms. The molecule has 2 aliphatic rings. The molecule has 7 nitrogen and oxygen atoms in total. The van der Waals surface area contributed by atoms with Crippen molar-refractivity contribution in [2.75, 3.05) is 13.3 Å². The fraction of sp³-hybridized carbons (Fsp3) is 0.316. The monoisotopic (exact) mass is 383 g/mol. The Balaban J connectivity index is 1.26. The molecule has 27 heavy (non-hydrogen) atoms. The number of benzene rings is 1. The summed E-state index contributed by atoms with van der Waals surface area (Å²) >= 11 is 1.66. The zero-order valence-corrected chi connectivity index (χ0v) is 15.3. The van der Waals surface area contributed by atoms with Crippen LogP contribution in [0.3, 0.4) is 0 Å². The van der Waals surface area contributed by atoms with E-state index in [2.05, 4.69) is 10.1 Å². The van der Waals surface area contributed by atoms with Gasteiger partial charge in [0.15, 0.2) is 17.3 Å². The maximum atomic E-state index is 12.4. The lowest BCUT2D eigenvalue weighted by atomic mass is 10.1. The van der Waals surface area contributed by atoms with Crippen molar-refractivity contribution >= 4 is 17.2 Å². The first-order chi connectivity index (χ1) is 13.2. The fourth-order valence-corrected chi connectivity index (χ4v) is 4.12. The number of ether oxygens (including phenoxy) is 2. The molecule has 0 radical (unpaired) electrons. The van der Waals surface area contributed by atoms with Gasteiger partial charge in [0.2, 0.25) is 18.6 Å². The van der Waals surface area contributed by atoms with E-state index >= 15 is 0 Å². The molecular formula is C19H17N3O4S. The molecule has 1 amide bonds. The van der Waals surface area contributed by atoms with Gasteiger partial charge in [-0.15, -0.1) is 11.3 Å². The summed E-state index contributed by atoms with van der Waals surface area (Å²) in [6, 6.07) is 9.81. The predicted molar refractivity (Wildman–Crippen MR) is 96.8 cm³/mol. The maximum Gasteiger partial charge on any atom is 0.231 e. The van der Waals surface area contributed by atoms with Crippen LogP contribution in [0.1, 0.15) is 34.5 Å². The molecule has 1 unspecified atom stereocenters. The van der Waals surface area contributed by atoms with Crippen molar-refractivity contribution in [3.05, 3.63) is 57.9 Å². The van der Waals surface area contributed by atoms with Crippen LogP contribution in [0, 0.1) is 0 Å². The molecule has 0 aliphatic carbocycles. The number of aromatic nitrogens is 2. The lowest BCUT2D eigenvalue weighted by Gasteiger charge is -2.16. The highest BCUT2D eigenvalue weighted by Gasteiger charge is 2.34. The van der Waals surface area contributed by atoms with Crippen LogP contribution in [0.5, 0.6) is 11.5 Å². The van der Waals surface area contributed by atoms with Crippen molar-refractivity contribution in [2.45, 2.75) is 25.3 Å². The Bertz CT molecular complexity index is 969. The zero-order chi connectivity index (χ0) is 18.2. The summed E-state index contributed by atoms with van der Waals surface area (Å²) in [4.78, 5) is 20.0. The number of hydrogen-bond acceptors (Lipinski definition) is 7. The first kappa shape index (κ1) is 16.3. The van der Waals surface area contributed by atoms with Gasteiger partial charge >= 0.3 is 0 Å². The summed E-state index contributed by atoms with van der Waals surface area (Å²) in [6.07, 6.45) is 1.04. The number of likely N-dealkylation sites (tertiary alicyclic amines) is 1. The van der Waals surface area contributed by atoms with Crippen molar-refractivity contribution in [3.63, 3.8) is 0 Å². The molecule has 8 heteroatoms. The molecule has 1 saturated heterocycles. The fourth-order valence-electron chi connectivity index (χ4n) is 3.43. The summed E-state index contributed by atoms with van der Waals surface area (Å²) < 4.78 is 16.1. The number of amides is 1. The first-order valence-electron chi connectivity index (χ1n) is 8.76. The van der Waals surface area contributed by atoms with Crippen molar-refractivity contribution in [3.8, 4) is 11.5 Å². The quantitative estimate of drug-likeness (QED) is 0.674. The van der Waals surface area contributed by atoms with Crippen LogP contribution in [0.2, 0.25) is 0 Å². The van der Waals surface area contributed by atoms with Crippen LogP contribution in [0.15, 0.2) is 40.2 Å². The second kappa shape index (κ2) is 6.70. The summed E-state index contributed by atoms with van der Waals surface area (Å²) in [5.74, 6) is 2.74. The second-order valence-corrected chi connectivity index (χ2v) is 7.70. The normalized spacial score (nSPS) is 18.4. The molecule has 0 spiro atoms. The third-order valence-corrected chi connectivity index (χ3v) is 5.66. The van der Waals surface area contributed by atoms with E-state index in [1.54, 1.807) is 11.3 Å². The Morgan fingerprint density at radius 2 is 2.15 bits per heavy atom. The standard InChI is InChI=1S/C19H17N3O4S/c23-18-7-13(19-20-17(26-21-19)8-14-2-1-5-27-14)10-22(18)9-12-3-4-15-16(6-12)25-11-24-15/h1-6,13H,7-11H2. The highest BCUT2D eigenvalue weighted by molar-refractivity contribution is 7.09. The average molecular weight is 383 g/mol. The van der Waals surface area contributed by atoms with Crippen LogP contribution < -0.4 is 9.47 Å². The molecule has 4 heterocycles. The van der Waals surface area contributed by atoms with Crippen molar-refractivity contribution < 1.29 is 18.8 Å². The lowest BCUT2D eigenvalue weighted by Crippen LogP contribution is -2.24. The van der Waals surface area contributed by atoms with E-state index in [0.29, 0.717) is 37.6 Å². The van der Waals surface area contributed by atoms with E-state index < -0.39 is 0 Å². The Labute approximate surface area is 159 Å². The number of fused-ring (bicyclic) bond motifs is 1. The van der Waals surface area contributed by atoms with E-state index in [1.165, 1.54) is 4.88 Å². The van der Waals surface area contributed by atoms with E-state index in [0.717, 1.165) is 17.1 Å². The Morgan fingerprint density at radius 1 is 1.22 bits per heavy atom. The number of nitrogens with zero attached hydrogens (tertiary/aromatic N) is 3. The van der Waals surface area contributed by atoms with Gasteiger partial charge in [0.05, 0.1) is 6.42 Å². The molecule has 3 aromatic rings. The smallest absolute Gasteiger partial charge is 0.231 e. The van der Waals surface area contributed by atoms with Gasteiger partial charge in [-0.05, 0) is 29.1 Å². The maximum absolute atomic E-state index is 12.4. The largest absolute Gasteiger partial charge is 0.454 e. The lowest BCUT2D eigenvalue weighted by molar-refractivity contribution is -0.128. The van der Waals surface area contributed by atoms with Gasteiger partial charge in [-0.3, -0.25) is 4.79 Å². The van der Waals surface area contributed by atoms with Crippen LogP contribution in [0.4, 0.5) is 0 Å². The van der Waals surface area contributed by atoms with Crippen LogP contribution in [-0.4, -0.2) is 34.3 Å². The number of hydrogen-bond donors (Lipinski definition) is 0. The highest BCUT2D eigenvalue weighted by atomic mass is 32.1. The van der Waals surface area contributed by atoms with Crippen LogP contribution >= 0.6 is 11.3 Å². The van der Waals surface area contributed by atoms with E-state index in [-0.39, 0.29) is 18.6 Å². The van der Waals surface area contributed by atoms with E-state index in [1.807, 2.05) is 40.6 Å². The van der Waals surface area contributed by atoms with Crippen LogP contribution in [0.25, 0.3) is 0 Å². The van der Waals surface area contributed by atoms with Gasteiger partial charge in [-0.1, -0.05) is 17.3 Å². The summed E-state index contributed by atoms with van der Waals surface area (Å²) in [6.45, 7) is 1.37. The minimum absolute atomic E-state index is 0.0349. The molecule has 0 N–H and O–H groups in total. The van der Waals surface area contributed by atoms with Crippen molar-refractivity contribution in [2.24, 2.45) is 0 Å². The first-order valence-corrected chi connectivity index (χ1v) is 9.64. The second-order valence-electron chi connectivity index (χ2n) is 6.67. The van der Waals surface area contributed by atoms with Gasteiger partial charge in [-0.25, -0.2) is 0 Å². The molecule has 2 aromatic heterocycles. The molecule has 1 fully saturated rings. The Morgan fingerprint density at radius 3 is 3.04 bits per heavy atom. The number of rotatable bonds is 5. The zero-order valence-electron chi connectivity index (χ0n) is 14.5. The minimum atomic E-state index is -0.0349. The molecule has 5 rings (SSSR count). The van der Waals surface area contributed by atoms with E-state index in [4.69, 9.17) is 14.0 Å². The minimum Gasteiger partial charge on any atom is -0.454 e. The SMILES string of the molecule is O=C1CC(c2noc(Cc3cccs3)n2)CN1Cc1ccc2c(c1)OCO2. The molecule has 1 atom stereocenters. The molecular weight excluding hydrogens is 366 g/mol. The van der Waals surface area contributed by atoms with Crippen LogP contribution in [-0.2, 0) is 17.8 Å². The number of thiophene rings is 1. The Hall–Kier alpha value is -2.87. The molecule has 138 valence electrons. The van der Waals surface area contributed by atoms with Gasteiger partial charge in [0, 0.05) is 30.3 Å². The summed E-state index contributed by atoms with van der Waals surface area (Å²) in [5.41, 5.74) is 1.01. The highest BCUT2D eigenvalue weighted by Crippen LogP contribution is 2.34. The Kier molecular flexibility index (Phi) is 4.05. The van der Waals surface area contributed by atoms with Crippen molar-refractivity contribution in [1.82, 2.24) is 15.0 Å². The van der Waals surface area contributed by atoms with Gasteiger partial charge in [0.25, 0.3) is 0 Å². The molecule has 2 aliphatic heterocycles.